The summed E-state index contributed by atoms with van der Waals surface area (Å²) in [5, 5.41) is 23.4. The van der Waals surface area contributed by atoms with Crippen LogP contribution in [0, 0.1) is 0 Å². The van der Waals surface area contributed by atoms with Crippen molar-refractivity contribution in [3.05, 3.63) is 53.8 Å². The predicted octanol–water partition coefficient (Wildman–Crippen LogP) is 11.0. The number of hydrogen-bond donors (Lipinski definition) is 4. The topological polar surface area (TPSA) is 0 Å². The predicted molar refractivity (Wildman–Crippen MR) is 226 cm³/mol. The van der Waals surface area contributed by atoms with Crippen LogP contribution in [0.3, 0.4) is 0 Å². The molecule has 0 aliphatic heterocycles. The minimum absolute atomic E-state index is 0.653. The molecule has 0 radical (unpaired) electrons. The number of thiol groups is 4. The van der Waals surface area contributed by atoms with Crippen molar-refractivity contribution in [2.45, 2.75) is 0 Å². The van der Waals surface area contributed by atoms with Crippen molar-refractivity contribution in [3.63, 3.8) is 0 Å². The van der Waals surface area contributed by atoms with E-state index >= 15 is 0 Å². The van der Waals surface area contributed by atoms with Crippen LogP contribution in [-0.4, -0.2) is 6.00 Å². The third-order valence-electron chi connectivity index (χ3n) is 7.95. The van der Waals surface area contributed by atoms with E-state index in [1.54, 1.807) is 10.8 Å². The second-order valence-electron chi connectivity index (χ2n) is 9.65. The first-order valence-electron chi connectivity index (χ1n) is 11.7. The van der Waals surface area contributed by atoms with Crippen molar-refractivity contribution >= 4 is 277 Å². The third-order valence-corrected chi connectivity index (χ3v) is 18.2. The molecule has 0 amide bonds. The van der Waals surface area contributed by atoms with Gasteiger partial charge in [0, 0.05) is 59.0 Å². The monoisotopic (exact) mass is 1080 g/mol. The van der Waals surface area contributed by atoms with Gasteiger partial charge >= 0.3 is 6.00 Å². The van der Waals surface area contributed by atoms with E-state index in [9.17, 15) is 0 Å². The Bertz CT molecular complexity index is 2620. The van der Waals surface area contributed by atoms with E-state index in [1.807, 2.05) is 10.8 Å². The van der Waals surface area contributed by atoms with E-state index < -0.39 is 6.00 Å². The van der Waals surface area contributed by atoms with Gasteiger partial charge in [0.25, 0.3) is 0 Å². The van der Waals surface area contributed by atoms with Crippen LogP contribution in [0.1, 0.15) is 0 Å². The summed E-state index contributed by atoms with van der Waals surface area (Å²) in [6, 6.07) is -1.40. The van der Waals surface area contributed by atoms with Crippen molar-refractivity contribution in [2.24, 2.45) is 0 Å². The van der Waals surface area contributed by atoms with E-state index in [0.29, 0.717) is 5.19 Å². The summed E-state index contributed by atoms with van der Waals surface area (Å²) < 4.78 is 5.33. The molecule has 7 rings (SSSR count). The highest BCUT2D eigenvalue weighted by molar-refractivity contribution is 9.14. The molecule has 0 spiro atoms. The molecule has 0 nitrogen and oxygen atoms in total. The van der Waals surface area contributed by atoms with Crippen LogP contribution in [0.4, 0.5) is 0 Å². The van der Waals surface area contributed by atoms with E-state index in [4.69, 9.17) is 71.1 Å². The molecule has 7 aromatic rings. The Morgan fingerprint density at radius 1 is 0.452 bits per heavy atom. The lowest BCUT2D eigenvalue weighted by Gasteiger charge is -2.28. The van der Waals surface area contributed by atoms with E-state index in [0.717, 1.165) is 112 Å². The highest BCUT2D eigenvalue weighted by atomic mass is 79.9. The first kappa shape index (κ1) is 32.3. The van der Waals surface area contributed by atoms with Crippen LogP contribution >= 0.6 is 179 Å². The van der Waals surface area contributed by atoms with E-state index in [1.165, 1.54) is 0 Å². The summed E-state index contributed by atoms with van der Waals surface area (Å²) in [5.74, 6) is 0. The lowest BCUT2D eigenvalue weighted by Crippen LogP contribution is -2.46. The average Bonchev–Trinajstić information content (AvgIpc) is 2.96. The fourth-order valence-corrected chi connectivity index (χ4v) is 14.7. The van der Waals surface area contributed by atoms with Crippen molar-refractivity contribution in [3.8, 4) is 0 Å². The smallest absolute Gasteiger partial charge is 0.151 e. The molecular formula is C28H9Br6Cl3S4Si. The molecule has 0 fully saturated rings. The Morgan fingerprint density at radius 3 is 1.36 bits per heavy atom. The maximum atomic E-state index is 6.99. The Kier molecular flexibility index (Phi) is 8.56. The Morgan fingerprint density at radius 2 is 0.857 bits per heavy atom. The normalized spacial score (nSPS) is 15.4. The molecule has 7 aromatic carbocycles. The standard InChI is InChI=1S/C28H9Br6Cl3S4Si/c29-22-7-1-6(2-38)11-8(3-39)9(4-40)12-10(5-41)28(42(35,36)37)21-18-15(12)14(11)13(7)16-17(18)20(26(33)27(21)34)25(32)24(31)19(16)23(22)30/h1-5,38-41H. The van der Waals surface area contributed by atoms with Crippen molar-refractivity contribution in [1.82, 2.24) is 0 Å². The summed E-state index contributed by atoms with van der Waals surface area (Å²) in [7, 11) is 0. The molecule has 0 aliphatic rings. The first-order valence-corrected chi connectivity index (χ1v) is 23.6. The molecule has 0 atom stereocenters. The van der Waals surface area contributed by atoms with Gasteiger partial charge in [0.05, 0.1) is 0 Å². The fourth-order valence-electron chi connectivity index (χ4n) is 6.56. The number of halogens is 9. The maximum Gasteiger partial charge on any atom is 0.374 e. The molecule has 0 heterocycles. The largest absolute Gasteiger partial charge is 0.374 e. The van der Waals surface area contributed by atoms with Crippen LogP contribution in [0.25, 0.3) is 86.3 Å². The van der Waals surface area contributed by atoms with Crippen LogP contribution in [-0.2, 0) is 0 Å². The molecule has 0 unspecified atom stereocenters. The molecule has 0 bridgehead atoms. The van der Waals surface area contributed by atoms with Crippen LogP contribution < -0.4 is 26.1 Å². The zero-order valence-electron chi connectivity index (χ0n) is 20.1. The van der Waals surface area contributed by atoms with E-state index in [2.05, 4.69) is 114 Å². The molecule has 0 saturated heterocycles. The molecule has 0 N–H and O–H groups in total. The summed E-state index contributed by atoms with van der Waals surface area (Å²) in [4.78, 5) is 0. The lowest BCUT2D eigenvalue weighted by atomic mass is 9.81. The number of rotatable bonds is 1. The van der Waals surface area contributed by atoms with Crippen molar-refractivity contribution < 1.29 is 0 Å². The van der Waals surface area contributed by atoms with Gasteiger partial charge in [-0.3, -0.25) is 0 Å². The van der Waals surface area contributed by atoms with Gasteiger partial charge in [-0.05, 0) is 182 Å². The minimum atomic E-state index is -3.56. The van der Waals surface area contributed by atoms with Crippen molar-refractivity contribution in [2.75, 3.05) is 0 Å². The highest BCUT2D eigenvalue weighted by Gasteiger charge is 2.37. The van der Waals surface area contributed by atoms with Gasteiger partial charge in [-0.1, -0.05) is 0 Å². The van der Waals surface area contributed by atoms with Gasteiger partial charge in [-0.15, -0.1) is 33.2 Å². The average molecular weight is 1090 g/mol. The van der Waals surface area contributed by atoms with Gasteiger partial charge in [-0.25, -0.2) is 0 Å². The SMILES string of the molecule is SC=c1cc2c(Br)c(Br)c3c(Br)c(Br)c4c(Br)c(Br)c5c([Si](Cl)(Cl)Cl)c(=CS)c6c(=CS)c(=CS)c1c1c2c3c4c5c61. The summed E-state index contributed by atoms with van der Waals surface area (Å²) in [6.07, 6.45) is 0. The highest BCUT2D eigenvalue weighted by Crippen LogP contribution is 2.57. The Hall–Kier alpha value is 1.73. The summed E-state index contributed by atoms with van der Waals surface area (Å²) in [6.45, 7) is 0. The third kappa shape index (κ3) is 3.99. The fraction of sp³-hybridized carbons (Fsp3) is 0. The first-order chi connectivity index (χ1) is 19.9. The molecule has 14 heteroatoms. The quantitative estimate of drug-likeness (QED) is 0.0407. The molecule has 0 aliphatic carbocycles. The lowest BCUT2D eigenvalue weighted by molar-refractivity contribution is 1.61. The summed E-state index contributed by atoms with van der Waals surface area (Å²) >= 11 is 63.4. The Labute approximate surface area is 325 Å². The molecular weight excluding hydrogens is 1080 g/mol. The number of benzene rings is 7. The van der Waals surface area contributed by atoms with Crippen molar-refractivity contribution in [1.29, 1.82) is 0 Å². The maximum absolute atomic E-state index is 6.99. The van der Waals surface area contributed by atoms with Gasteiger partial charge in [0.2, 0.25) is 0 Å². The molecule has 0 aromatic heterocycles. The van der Waals surface area contributed by atoms with Gasteiger partial charge < -0.3 is 0 Å². The van der Waals surface area contributed by atoms with Gasteiger partial charge in [0.1, 0.15) is 0 Å². The second-order valence-corrected chi connectivity index (χ2v) is 23.8. The molecule has 0 saturated carbocycles. The number of hydrogen-bond acceptors (Lipinski definition) is 4. The Balaban J connectivity index is 2.19. The van der Waals surface area contributed by atoms with Crippen LogP contribution in [0.5, 0.6) is 0 Å². The van der Waals surface area contributed by atoms with Crippen LogP contribution in [0.15, 0.2) is 32.9 Å². The van der Waals surface area contributed by atoms with Crippen LogP contribution in [0.2, 0.25) is 0 Å². The zero-order valence-corrected chi connectivity index (χ0v) is 36.4. The minimum Gasteiger partial charge on any atom is -0.151 e. The van der Waals surface area contributed by atoms with Gasteiger partial charge in [-0.2, -0.15) is 50.5 Å². The van der Waals surface area contributed by atoms with Gasteiger partial charge in [0.15, 0.2) is 0 Å². The van der Waals surface area contributed by atoms with E-state index in [-0.39, 0.29) is 0 Å². The molecule has 212 valence electrons. The zero-order chi connectivity index (χ0) is 30.3. The second kappa shape index (κ2) is 11.1. The molecule has 42 heavy (non-hydrogen) atoms. The summed E-state index contributed by atoms with van der Waals surface area (Å²) in [5.41, 5.74) is 0.